The van der Waals surface area contributed by atoms with Gasteiger partial charge in [0.05, 0.1) is 12.7 Å². The lowest BCUT2D eigenvalue weighted by atomic mass is 10.2. The van der Waals surface area contributed by atoms with Gasteiger partial charge in [-0.05, 0) is 13.0 Å². The number of aliphatic hydroxyl groups is 3. The van der Waals surface area contributed by atoms with Crippen LogP contribution in [0.4, 0.5) is 0 Å². The lowest BCUT2D eigenvalue weighted by molar-refractivity contribution is -0.0127. The summed E-state index contributed by atoms with van der Waals surface area (Å²) in [6, 6.07) is 0. The van der Waals surface area contributed by atoms with E-state index in [4.69, 9.17) is 15.3 Å². The topological polar surface area (TPSA) is 72.7 Å². The first kappa shape index (κ1) is 10.8. The molecule has 0 aliphatic rings. The molecule has 0 spiro atoms. The lowest BCUT2D eigenvalue weighted by Crippen LogP contribution is -2.38. The van der Waals surface area contributed by atoms with E-state index in [0.717, 1.165) is 13.0 Å². The molecule has 0 amide bonds. The number of hydrogen-bond donors (Lipinski definition) is 4. The fourth-order valence-electron chi connectivity index (χ4n) is 0.684. The highest BCUT2D eigenvalue weighted by Gasteiger charge is 2.13. The summed E-state index contributed by atoms with van der Waals surface area (Å²) in [4.78, 5) is 0. The zero-order chi connectivity index (χ0) is 8.69. The monoisotopic (exact) mass is 163 g/mol. The first-order chi connectivity index (χ1) is 5.22. The van der Waals surface area contributed by atoms with Gasteiger partial charge in [-0.15, -0.1) is 0 Å². The van der Waals surface area contributed by atoms with Crippen LogP contribution in [-0.2, 0) is 0 Å². The normalized spacial score (nSPS) is 16.4. The molecule has 4 heteroatoms. The molecule has 0 saturated carbocycles. The Hall–Kier alpha value is -0.160. The van der Waals surface area contributed by atoms with Gasteiger partial charge in [-0.1, -0.05) is 6.92 Å². The predicted molar refractivity (Wildman–Crippen MR) is 42.3 cm³/mol. The summed E-state index contributed by atoms with van der Waals surface area (Å²) in [6.45, 7) is 2.77. The summed E-state index contributed by atoms with van der Waals surface area (Å²) in [5.41, 5.74) is 0. The van der Waals surface area contributed by atoms with Gasteiger partial charge >= 0.3 is 0 Å². The van der Waals surface area contributed by atoms with Gasteiger partial charge in [0.25, 0.3) is 0 Å². The molecule has 0 bridgehead atoms. The molecule has 0 radical (unpaired) electrons. The van der Waals surface area contributed by atoms with Gasteiger partial charge in [0, 0.05) is 6.54 Å². The quantitative estimate of drug-likeness (QED) is 0.367. The van der Waals surface area contributed by atoms with E-state index in [0.29, 0.717) is 6.54 Å². The standard InChI is InChI=1S/C7H17NO3/c1-2-3-8-4-6(10)7(11)5-9/h6-11H,2-5H2,1H3. The molecule has 0 fully saturated rings. The Bertz CT molecular complexity index is 89.8. The molecule has 0 aromatic carbocycles. The van der Waals surface area contributed by atoms with Crippen molar-refractivity contribution >= 4 is 0 Å². The van der Waals surface area contributed by atoms with Gasteiger partial charge in [0.1, 0.15) is 6.10 Å². The van der Waals surface area contributed by atoms with Crippen LogP contribution in [0.25, 0.3) is 0 Å². The zero-order valence-electron chi connectivity index (χ0n) is 6.82. The third kappa shape index (κ3) is 5.15. The predicted octanol–water partition coefficient (Wildman–Crippen LogP) is -1.30. The molecule has 0 aliphatic carbocycles. The van der Waals surface area contributed by atoms with Crippen LogP contribution in [0.1, 0.15) is 13.3 Å². The largest absolute Gasteiger partial charge is 0.394 e. The Kier molecular flexibility index (Phi) is 6.45. The third-order valence-corrected chi connectivity index (χ3v) is 1.41. The third-order valence-electron chi connectivity index (χ3n) is 1.41. The van der Waals surface area contributed by atoms with Crippen LogP contribution in [0.2, 0.25) is 0 Å². The maximum Gasteiger partial charge on any atom is 0.104 e. The van der Waals surface area contributed by atoms with Crippen LogP contribution >= 0.6 is 0 Å². The van der Waals surface area contributed by atoms with Crippen molar-refractivity contribution in [2.45, 2.75) is 25.6 Å². The van der Waals surface area contributed by atoms with Crippen molar-refractivity contribution in [3.05, 3.63) is 0 Å². The second-order valence-electron chi connectivity index (χ2n) is 2.52. The van der Waals surface area contributed by atoms with E-state index < -0.39 is 18.8 Å². The summed E-state index contributed by atoms with van der Waals surface area (Å²) in [6.07, 6.45) is -0.909. The molecule has 4 N–H and O–H groups in total. The van der Waals surface area contributed by atoms with Crippen LogP contribution in [0.3, 0.4) is 0 Å². The summed E-state index contributed by atoms with van der Waals surface area (Å²) in [7, 11) is 0. The highest BCUT2D eigenvalue weighted by atomic mass is 16.4. The van der Waals surface area contributed by atoms with Crippen molar-refractivity contribution in [1.82, 2.24) is 5.32 Å². The summed E-state index contributed by atoms with van der Waals surface area (Å²) in [5, 5.41) is 29.3. The first-order valence-electron chi connectivity index (χ1n) is 3.90. The Morgan fingerprint density at radius 3 is 2.36 bits per heavy atom. The van der Waals surface area contributed by atoms with E-state index in [2.05, 4.69) is 5.32 Å². The maximum absolute atomic E-state index is 9.07. The number of aliphatic hydroxyl groups excluding tert-OH is 3. The van der Waals surface area contributed by atoms with Crippen LogP contribution in [0, 0.1) is 0 Å². The van der Waals surface area contributed by atoms with Gasteiger partial charge in [0.15, 0.2) is 0 Å². The van der Waals surface area contributed by atoms with E-state index in [9.17, 15) is 0 Å². The second-order valence-corrected chi connectivity index (χ2v) is 2.52. The van der Waals surface area contributed by atoms with Gasteiger partial charge in [-0.3, -0.25) is 0 Å². The van der Waals surface area contributed by atoms with Crippen molar-refractivity contribution in [3.63, 3.8) is 0 Å². The van der Waals surface area contributed by atoms with E-state index in [-0.39, 0.29) is 0 Å². The average Bonchev–Trinajstić information content (AvgIpc) is 2.03. The molecular weight excluding hydrogens is 146 g/mol. The molecule has 0 saturated heterocycles. The first-order valence-corrected chi connectivity index (χ1v) is 3.90. The van der Waals surface area contributed by atoms with Crippen molar-refractivity contribution < 1.29 is 15.3 Å². The minimum atomic E-state index is -1.03. The van der Waals surface area contributed by atoms with Crippen LogP contribution in [0.15, 0.2) is 0 Å². The Morgan fingerprint density at radius 2 is 1.91 bits per heavy atom. The van der Waals surface area contributed by atoms with E-state index in [1.54, 1.807) is 0 Å². The minimum absolute atomic E-state index is 0.329. The number of rotatable bonds is 6. The minimum Gasteiger partial charge on any atom is -0.394 e. The zero-order valence-corrected chi connectivity index (χ0v) is 6.82. The summed E-state index contributed by atoms with van der Waals surface area (Å²) < 4.78 is 0. The number of hydrogen-bond acceptors (Lipinski definition) is 4. The summed E-state index contributed by atoms with van der Waals surface area (Å²) >= 11 is 0. The Labute approximate surface area is 66.9 Å². The van der Waals surface area contributed by atoms with E-state index >= 15 is 0 Å². The van der Waals surface area contributed by atoms with Crippen LogP contribution in [-0.4, -0.2) is 47.2 Å². The maximum atomic E-state index is 9.07. The van der Waals surface area contributed by atoms with E-state index in [1.807, 2.05) is 6.92 Å². The molecule has 0 aliphatic heterocycles. The number of nitrogens with one attached hydrogen (secondary N) is 1. The molecule has 4 nitrogen and oxygen atoms in total. The van der Waals surface area contributed by atoms with Gasteiger partial charge in [-0.25, -0.2) is 0 Å². The highest BCUT2D eigenvalue weighted by Crippen LogP contribution is 1.89. The molecule has 68 valence electrons. The highest BCUT2D eigenvalue weighted by molar-refractivity contribution is 4.67. The molecular formula is C7H17NO3. The average molecular weight is 163 g/mol. The smallest absolute Gasteiger partial charge is 0.104 e. The van der Waals surface area contributed by atoms with Gasteiger partial charge < -0.3 is 20.6 Å². The molecule has 0 aromatic heterocycles. The molecule has 2 unspecified atom stereocenters. The fourth-order valence-corrected chi connectivity index (χ4v) is 0.684. The van der Waals surface area contributed by atoms with Gasteiger partial charge in [-0.2, -0.15) is 0 Å². The van der Waals surface area contributed by atoms with Crippen LogP contribution in [0.5, 0.6) is 0 Å². The second kappa shape index (κ2) is 6.54. The van der Waals surface area contributed by atoms with Crippen molar-refractivity contribution in [2.24, 2.45) is 0 Å². The molecule has 2 atom stereocenters. The summed E-state index contributed by atoms with van der Waals surface area (Å²) in [5.74, 6) is 0. The van der Waals surface area contributed by atoms with Crippen molar-refractivity contribution in [2.75, 3.05) is 19.7 Å². The van der Waals surface area contributed by atoms with Crippen molar-refractivity contribution in [3.8, 4) is 0 Å². The molecule has 0 rings (SSSR count). The van der Waals surface area contributed by atoms with Crippen molar-refractivity contribution in [1.29, 1.82) is 0 Å². The van der Waals surface area contributed by atoms with Gasteiger partial charge in [0.2, 0.25) is 0 Å². The Morgan fingerprint density at radius 1 is 1.27 bits per heavy atom. The van der Waals surface area contributed by atoms with Crippen LogP contribution < -0.4 is 5.32 Å². The van der Waals surface area contributed by atoms with E-state index in [1.165, 1.54) is 0 Å². The molecule has 0 aromatic rings. The Balaban J connectivity index is 3.28. The lowest BCUT2D eigenvalue weighted by Gasteiger charge is -2.15. The molecule has 11 heavy (non-hydrogen) atoms. The molecule has 0 heterocycles. The SMILES string of the molecule is CCCNCC(O)C(O)CO. The fraction of sp³-hybridized carbons (Fsp3) is 1.00.